The third kappa shape index (κ3) is 3.76. The van der Waals surface area contributed by atoms with Crippen LogP contribution in [0.2, 0.25) is 5.02 Å². The van der Waals surface area contributed by atoms with Gasteiger partial charge in [0, 0.05) is 11.4 Å². The van der Waals surface area contributed by atoms with Crippen LogP contribution in [0.15, 0.2) is 12.1 Å². The van der Waals surface area contributed by atoms with Gasteiger partial charge in [-0.1, -0.05) is 36.8 Å². The van der Waals surface area contributed by atoms with Gasteiger partial charge in [0.1, 0.15) is 0 Å². The predicted molar refractivity (Wildman–Crippen MR) is 75.2 cm³/mol. The summed E-state index contributed by atoms with van der Waals surface area (Å²) in [4.78, 5) is 0.576. The molecule has 1 rings (SSSR count). The molecule has 1 nitrogen and oxygen atoms in total. The summed E-state index contributed by atoms with van der Waals surface area (Å²) in [6.07, 6.45) is 1.70. The molecule has 0 aliphatic rings. The van der Waals surface area contributed by atoms with Gasteiger partial charge < -0.3 is 5.73 Å². The van der Waals surface area contributed by atoms with Crippen molar-refractivity contribution in [3.05, 3.63) is 33.8 Å². The molecule has 2 N–H and O–H groups in total. The highest BCUT2D eigenvalue weighted by atomic mass is 35.5. The second-order valence-corrected chi connectivity index (χ2v) is 5.44. The SMILES string of the molecule is Cc1cc(Cl)c(CC(C)CC(N)=S)cc1C. The highest BCUT2D eigenvalue weighted by Crippen LogP contribution is 2.24. The Kier molecular flexibility index (Phi) is 4.75. The molecule has 0 bridgehead atoms. The molecular formula is C13H18ClNS. The summed E-state index contributed by atoms with van der Waals surface area (Å²) in [5, 5.41) is 0.845. The molecule has 0 amide bonds. The zero-order chi connectivity index (χ0) is 12.3. The highest BCUT2D eigenvalue weighted by molar-refractivity contribution is 7.80. The lowest BCUT2D eigenvalue weighted by molar-refractivity contribution is 0.607. The van der Waals surface area contributed by atoms with E-state index < -0.39 is 0 Å². The van der Waals surface area contributed by atoms with Crippen molar-refractivity contribution in [2.75, 3.05) is 0 Å². The first-order valence-corrected chi connectivity index (χ1v) is 6.22. The normalized spacial score (nSPS) is 12.5. The van der Waals surface area contributed by atoms with Gasteiger partial charge in [0.15, 0.2) is 0 Å². The molecule has 3 heteroatoms. The first kappa shape index (κ1) is 13.5. The molecule has 1 atom stereocenters. The third-order valence-corrected chi connectivity index (χ3v) is 3.30. The summed E-state index contributed by atoms with van der Waals surface area (Å²) in [6, 6.07) is 4.19. The van der Waals surface area contributed by atoms with E-state index in [4.69, 9.17) is 29.6 Å². The molecule has 88 valence electrons. The fourth-order valence-corrected chi connectivity index (χ4v) is 2.37. The van der Waals surface area contributed by atoms with Crippen molar-refractivity contribution in [3.8, 4) is 0 Å². The van der Waals surface area contributed by atoms with Crippen LogP contribution in [0.25, 0.3) is 0 Å². The van der Waals surface area contributed by atoms with Crippen LogP contribution in [0.4, 0.5) is 0 Å². The van der Waals surface area contributed by atoms with Gasteiger partial charge in [-0.25, -0.2) is 0 Å². The summed E-state index contributed by atoms with van der Waals surface area (Å²) < 4.78 is 0. The van der Waals surface area contributed by atoms with Crippen LogP contribution in [0.1, 0.15) is 30.0 Å². The number of halogens is 1. The van der Waals surface area contributed by atoms with Gasteiger partial charge in [-0.15, -0.1) is 0 Å². The van der Waals surface area contributed by atoms with Crippen molar-refractivity contribution < 1.29 is 0 Å². The highest BCUT2D eigenvalue weighted by Gasteiger charge is 2.09. The molecule has 0 radical (unpaired) electrons. The number of thiocarbonyl (C=S) groups is 1. The van der Waals surface area contributed by atoms with Gasteiger partial charge in [0.2, 0.25) is 0 Å². The van der Waals surface area contributed by atoms with E-state index in [1.165, 1.54) is 16.7 Å². The van der Waals surface area contributed by atoms with E-state index in [0.717, 1.165) is 17.9 Å². The average Bonchev–Trinajstić information content (AvgIpc) is 2.12. The van der Waals surface area contributed by atoms with Crippen molar-refractivity contribution in [2.45, 2.75) is 33.6 Å². The summed E-state index contributed by atoms with van der Waals surface area (Å²) in [5.41, 5.74) is 9.24. The van der Waals surface area contributed by atoms with Crippen molar-refractivity contribution in [2.24, 2.45) is 11.7 Å². The fraction of sp³-hybridized carbons (Fsp3) is 0.462. The molecule has 0 aromatic heterocycles. The Morgan fingerprint density at radius 1 is 1.38 bits per heavy atom. The van der Waals surface area contributed by atoms with Gasteiger partial charge in [0.05, 0.1) is 4.99 Å². The molecule has 1 aromatic carbocycles. The van der Waals surface area contributed by atoms with Gasteiger partial charge in [-0.3, -0.25) is 0 Å². The van der Waals surface area contributed by atoms with E-state index in [2.05, 4.69) is 26.8 Å². The number of rotatable bonds is 4. The lowest BCUT2D eigenvalue weighted by Gasteiger charge is -2.13. The average molecular weight is 256 g/mol. The molecule has 0 saturated heterocycles. The maximum absolute atomic E-state index is 6.22. The Morgan fingerprint density at radius 2 is 1.94 bits per heavy atom. The van der Waals surface area contributed by atoms with Crippen molar-refractivity contribution in [1.29, 1.82) is 0 Å². The summed E-state index contributed by atoms with van der Waals surface area (Å²) in [7, 11) is 0. The van der Waals surface area contributed by atoms with E-state index >= 15 is 0 Å². The van der Waals surface area contributed by atoms with Gasteiger partial charge in [-0.2, -0.15) is 0 Å². The number of aryl methyl sites for hydroxylation is 2. The van der Waals surface area contributed by atoms with Crippen molar-refractivity contribution >= 4 is 28.8 Å². The molecule has 16 heavy (non-hydrogen) atoms. The summed E-state index contributed by atoms with van der Waals surface area (Å²) in [5.74, 6) is 0.442. The lowest BCUT2D eigenvalue weighted by atomic mass is 9.95. The van der Waals surface area contributed by atoms with Crippen molar-refractivity contribution in [3.63, 3.8) is 0 Å². The minimum atomic E-state index is 0.442. The van der Waals surface area contributed by atoms with E-state index in [9.17, 15) is 0 Å². The Bertz CT molecular complexity index is 401. The van der Waals surface area contributed by atoms with E-state index in [-0.39, 0.29) is 0 Å². The molecule has 0 fully saturated rings. The number of hydrogen-bond acceptors (Lipinski definition) is 1. The molecule has 0 aliphatic heterocycles. The fourth-order valence-electron chi connectivity index (χ4n) is 1.79. The second-order valence-electron chi connectivity index (χ2n) is 4.51. The summed E-state index contributed by atoms with van der Waals surface area (Å²) >= 11 is 11.1. The summed E-state index contributed by atoms with van der Waals surface area (Å²) in [6.45, 7) is 6.32. The molecule has 0 spiro atoms. The first-order valence-electron chi connectivity index (χ1n) is 5.44. The van der Waals surface area contributed by atoms with E-state index in [0.29, 0.717) is 10.9 Å². The maximum Gasteiger partial charge on any atom is 0.0730 e. The maximum atomic E-state index is 6.22. The number of hydrogen-bond donors (Lipinski definition) is 1. The van der Waals surface area contributed by atoms with Crippen LogP contribution in [-0.4, -0.2) is 4.99 Å². The third-order valence-electron chi connectivity index (χ3n) is 2.78. The van der Waals surface area contributed by atoms with Crippen LogP contribution in [0.5, 0.6) is 0 Å². The van der Waals surface area contributed by atoms with Crippen LogP contribution in [0.3, 0.4) is 0 Å². The zero-order valence-electron chi connectivity index (χ0n) is 10.0. The zero-order valence-corrected chi connectivity index (χ0v) is 11.6. The van der Waals surface area contributed by atoms with Crippen LogP contribution >= 0.6 is 23.8 Å². The van der Waals surface area contributed by atoms with Crippen LogP contribution < -0.4 is 5.73 Å². The smallest absolute Gasteiger partial charge is 0.0730 e. The van der Waals surface area contributed by atoms with Crippen LogP contribution in [-0.2, 0) is 6.42 Å². The largest absolute Gasteiger partial charge is 0.393 e. The molecule has 0 heterocycles. The van der Waals surface area contributed by atoms with E-state index in [1.807, 2.05) is 6.07 Å². The minimum absolute atomic E-state index is 0.442. The Hall–Kier alpha value is -0.600. The lowest BCUT2D eigenvalue weighted by Crippen LogP contribution is -2.14. The number of benzene rings is 1. The standard InChI is InChI=1S/C13H18ClNS/c1-8(5-13(15)16)4-11-6-9(2)10(3)7-12(11)14/h6-8H,4-5H2,1-3H3,(H2,15,16). The molecule has 0 aliphatic carbocycles. The van der Waals surface area contributed by atoms with E-state index in [1.54, 1.807) is 0 Å². The topological polar surface area (TPSA) is 26.0 Å². The second kappa shape index (κ2) is 5.65. The Morgan fingerprint density at radius 3 is 2.50 bits per heavy atom. The molecular weight excluding hydrogens is 238 g/mol. The molecule has 1 aromatic rings. The van der Waals surface area contributed by atoms with Crippen LogP contribution in [0, 0.1) is 19.8 Å². The van der Waals surface area contributed by atoms with Gasteiger partial charge in [-0.05, 0) is 48.9 Å². The van der Waals surface area contributed by atoms with Gasteiger partial charge >= 0.3 is 0 Å². The quantitative estimate of drug-likeness (QED) is 0.828. The number of nitrogens with two attached hydrogens (primary N) is 1. The molecule has 0 saturated carbocycles. The monoisotopic (exact) mass is 255 g/mol. The molecule has 1 unspecified atom stereocenters. The Labute approximate surface area is 108 Å². The van der Waals surface area contributed by atoms with Crippen molar-refractivity contribution in [1.82, 2.24) is 0 Å². The predicted octanol–water partition coefficient (Wildman–Crippen LogP) is 3.81. The van der Waals surface area contributed by atoms with Gasteiger partial charge in [0.25, 0.3) is 0 Å². The Balaban J connectivity index is 2.81. The first-order chi connectivity index (χ1) is 7.40. The minimum Gasteiger partial charge on any atom is -0.393 e.